The van der Waals surface area contributed by atoms with Gasteiger partial charge in [0, 0.05) is 24.3 Å². The number of rotatable bonds is 11. The van der Waals surface area contributed by atoms with Crippen LogP contribution in [-0.2, 0) is 9.59 Å². The molecule has 0 heterocycles. The second-order valence-electron chi connectivity index (χ2n) is 6.53. The van der Waals surface area contributed by atoms with Crippen LogP contribution in [0.15, 0.2) is 34.5 Å². The van der Waals surface area contributed by atoms with Crippen molar-refractivity contribution in [1.82, 2.24) is 0 Å². The summed E-state index contributed by atoms with van der Waals surface area (Å²) in [7, 11) is 2.88. The summed E-state index contributed by atoms with van der Waals surface area (Å²) in [5, 5.41) is 10.8. The third-order valence-corrected chi connectivity index (χ3v) is 5.01. The zero-order valence-electron chi connectivity index (χ0n) is 18.9. The number of carbonyl (C=O) groups is 2. The number of azo groups is 1. The number of halogens is 2. The van der Waals surface area contributed by atoms with Crippen LogP contribution in [0.2, 0.25) is 10.0 Å². The van der Waals surface area contributed by atoms with Crippen molar-refractivity contribution in [3.8, 4) is 23.0 Å². The van der Waals surface area contributed by atoms with E-state index < -0.39 is 17.7 Å². The molecule has 0 fully saturated rings. The van der Waals surface area contributed by atoms with Crippen molar-refractivity contribution in [2.45, 2.75) is 26.8 Å². The Labute approximate surface area is 202 Å². The predicted octanol–water partition coefficient (Wildman–Crippen LogP) is 5.49. The van der Waals surface area contributed by atoms with Gasteiger partial charge in [0.25, 0.3) is 5.91 Å². The Morgan fingerprint density at radius 1 is 0.939 bits per heavy atom. The molecule has 11 heteroatoms. The molecule has 1 amide bonds. The maximum absolute atomic E-state index is 12.8. The van der Waals surface area contributed by atoms with Crippen LogP contribution in [0, 0.1) is 0 Å². The van der Waals surface area contributed by atoms with Gasteiger partial charge in [0.2, 0.25) is 6.04 Å². The largest absolute Gasteiger partial charge is 0.497 e. The summed E-state index contributed by atoms with van der Waals surface area (Å²) < 4.78 is 21.4. The molecule has 0 aliphatic carbocycles. The number of methoxy groups -OCH3 is 2. The van der Waals surface area contributed by atoms with Crippen molar-refractivity contribution in [2.24, 2.45) is 10.2 Å². The summed E-state index contributed by atoms with van der Waals surface area (Å²) in [6, 6.07) is 4.76. The van der Waals surface area contributed by atoms with Gasteiger partial charge in [0.1, 0.15) is 38.7 Å². The smallest absolute Gasteiger partial charge is 0.258 e. The van der Waals surface area contributed by atoms with Gasteiger partial charge in [0.15, 0.2) is 5.78 Å². The normalized spacial score (nSPS) is 11.7. The number of amides is 1. The third kappa shape index (κ3) is 6.72. The average molecular weight is 498 g/mol. The molecule has 0 aliphatic rings. The van der Waals surface area contributed by atoms with Crippen LogP contribution in [0.5, 0.6) is 23.0 Å². The number of carbonyl (C=O) groups excluding carboxylic acids is 2. The molecular formula is C22H25Cl2N3O6. The van der Waals surface area contributed by atoms with Crippen molar-refractivity contribution >= 4 is 46.3 Å². The highest BCUT2D eigenvalue weighted by molar-refractivity contribution is 6.35. The van der Waals surface area contributed by atoms with Gasteiger partial charge in [0.05, 0.1) is 33.1 Å². The molecule has 1 unspecified atom stereocenters. The lowest BCUT2D eigenvalue weighted by molar-refractivity contribution is -0.126. The van der Waals surface area contributed by atoms with Crippen LogP contribution in [0.4, 0.5) is 11.4 Å². The van der Waals surface area contributed by atoms with E-state index in [4.69, 9.17) is 42.1 Å². The number of Topliss-reactive ketones (excluding diaryl/α,β-unsaturated/α-hetero) is 1. The van der Waals surface area contributed by atoms with Crippen LogP contribution < -0.4 is 24.3 Å². The lowest BCUT2D eigenvalue weighted by Crippen LogP contribution is -2.32. The monoisotopic (exact) mass is 497 g/mol. The van der Waals surface area contributed by atoms with E-state index in [0.717, 1.165) is 0 Å². The Morgan fingerprint density at radius 2 is 1.61 bits per heavy atom. The van der Waals surface area contributed by atoms with E-state index in [0.29, 0.717) is 30.5 Å². The minimum atomic E-state index is -1.46. The molecule has 0 aliphatic heterocycles. The molecule has 2 aromatic rings. The average Bonchev–Trinajstić information content (AvgIpc) is 2.78. The fraction of sp³-hybridized carbons (Fsp3) is 0.364. The first-order chi connectivity index (χ1) is 15.7. The maximum Gasteiger partial charge on any atom is 0.258 e. The molecule has 0 spiro atoms. The minimum absolute atomic E-state index is 0.139. The molecule has 2 aromatic carbocycles. The molecule has 33 heavy (non-hydrogen) atoms. The van der Waals surface area contributed by atoms with Crippen LogP contribution >= 0.6 is 23.2 Å². The summed E-state index contributed by atoms with van der Waals surface area (Å²) >= 11 is 12.6. The van der Waals surface area contributed by atoms with E-state index in [1.54, 1.807) is 19.1 Å². The topological polar surface area (TPSA) is 108 Å². The lowest BCUT2D eigenvalue weighted by atomic mass is 10.2. The van der Waals surface area contributed by atoms with Crippen molar-refractivity contribution in [3.05, 3.63) is 34.3 Å². The number of hydrogen-bond acceptors (Lipinski definition) is 8. The number of ketones is 1. The molecule has 0 bridgehead atoms. The standard InChI is InChI=1S/C22H25Cl2N3O6/c1-6-32-14-9-16(20(24)18(11-14)33-7-2)26-27-21(12(3)28)22(29)25-15-8-13(30-4)10-17(31-5)19(15)23/h8-11,21H,6-7H2,1-5H3,(H,25,29). The van der Waals surface area contributed by atoms with E-state index in [-0.39, 0.29) is 27.2 Å². The third-order valence-electron chi connectivity index (χ3n) is 4.24. The van der Waals surface area contributed by atoms with Crippen molar-refractivity contribution in [1.29, 1.82) is 0 Å². The van der Waals surface area contributed by atoms with Crippen molar-refractivity contribution < 1.29 is 28.5 Å². The van der Waals surface area contributed by atoms with Gasteiger partial charge < -0.3 is 24.3 Å². The highest BCUT2D eigenvalue weighted by Gasteiger charge is 2.25. The first-order valence-corrected chi connectivity index (χ1v) is 10.7. The number of hydrogen-bond donors (Lipinski definition) is 1. The zero-order valence-corrected chi connectivity index (χ0v) is 20.4. The molecule has 0 saturated carbocycles. The highest BCUT2D eigenvalue weighted by atomic mass is 35.5. The number of nitrogens with zero attached hydrogens (tertiary/aromatic N) is 2. The van der Waals surface area contributed by atoms with E-state index in [1.165, 1.54) is 33.3 Å². The van der Waals surface area contributed by atoms with E-state index in [2.05, 4.69) is 15.5 Å². The van der Waals surface area contributed by atoms with E-state index >= 15 is 0 Å². The summed E-state index contributed by atoms with van der Waals surface area (Å²) in [6.45, 7) is 5.63. The summed E-state index contributed by atoms with van der Waals surface area (Å²) in [5.74, 6) is 0.206. The zero-order chi connectivity index (χ0) is 24.5. The van der Waals surface area contributed by atoms with Gasteiger partial charge >= 0.3 is 0 Å². The van der Waals surface area contributed by atoms with Crippen LogP contribution in [-0.4, -0.2) is 45.2 Å². The number of anilines is 1. The summed E-state index contributed by atoms with van der Waals surface area (Å²) in [5.41, 5.74) is 0.375. The predicted molar refractivity (Wildman–Crippen MR) is 126 cm³/mol. The number of benzene rings is 2. The van der Waals surface area contributed by atoms with E-state index in [1.807, 2.05) is 6.92 Å². The first-order valence-electron chi connectivity index (χ1n) is 9.98. The fourth-order valence-corrected chi connectivity index (χ4v) is 3.15. The molecule has 0 radical (unpaired) electrons. The van der Waals surface area contributed by atoms with Crippen LogP contribution in [0.1, 0.15) is 20.8 Å². The van der Waals surface area contributed by atoms with Gasteiger partial charge in [-0.05, 0) is 20.8 Å². The Hall–Kier alpha value is -3.04. The Bertz CT molecular complexity index is 1050. The summed E-state index contributed by atoms with van der Waals surface area (Å²) in [6.07, 6.45) is 0. The lowest BCUT2D eigenvalue weighted by Gasteiger charge is -2.14. The molecule has 2 rings (SSSR count). The molecule has 1 atom stereocenters. The Morgan fingerprint density at radius 3 is 2.18 bits per heavy atom. The highest BCUT2D eigenvalue weighted by Crippen LogP contribution is 2.39. The molecule has 0 aromatic heterocycles. The second-order valence-corrected chi connectivity index (χ2v) is 7.29. The van der Waals surface area contributed by atoms with Crippen LogP contribution in [0.25, 0.3) is 0 Å². The van der Waals surface area contributed by atoms with Gasteiger partial charge in [-0.3, -0.25) is 9.59 Å². The number of ether oxygens (including phenoxy) is 4. The van der Waals surface area contributed by atoms with Gasteiger partial charge in [-0.1, -0.05) is 23.2 Å². The second kappa shape index (κ2) is 12.3. The minimum Gasteiger partial charge on any atom is -0.497 e. The maximum atomic E-state index is 12.8. The van der Waals surface area contributed by atoms with Crippen molar-refractivity contribution in [3.63, 3.8) is 0 Å². The molecule has 178 valence electrons. The quantitative estimate of drug-likeness (QED) is 0.324. The summed E-state index contributed by atoms with van der Waals surface area (Å²) in [4.78, 5) is 25.0. The SMILES string of the molecule is CCOc1cc(N=NC(C(C)=O)C(=O)Nc2cc(OC)cc(OC)c2Cl)c(Cl)c(OCC)c1. The first kappa shape index (κ1) is 26.2. The molecule has 0 saturated heterocycles. The Balaban J connectivity index is 2.37. The van der Waals surface area contributed by atoms with Gasteiger partial charge in [-0.15, -0.1) is 0 Å². The number of nitrogens with one attached hydrogen (secondary N) is 1. The van der Waals surface area contributed by atoms with Crippen molar-refractivity contribution in [2.75, 3.05) is 32.8 Å². The van der Waals surface area contributed by atoms with Crippen LogP contribution in [0.3, 0.4) is 0 Å². The Kier molecular flexibility index (Phi) is 9.74. The fourth-order valence-electron chi connectivity index (χ4n) is 2.71. The molecule has 9 nitrogen and oxygen atoms in total. The molecule has 1 N–H and O–H groups in total. The van der Waals surface area contributed by atoms with Gasteiger partial charge in [-0.2, -0.15) is 10.2 Å². The molecular weight excluding hydrogens is 473 g/mol. The van der Waals surface area contributed by atoms with E-state index in [9.17, 15) is 9.59 Å². The van der Waals surface area contributed by atoms with Gasteiger partial charge in [-0.25, -0.2) is 0 Å².